The van der Waals surface area contributed by atoms with Crippen LogP contribution in [0.5, 0.6) is 5.88 Å². The van der Waals surface area contributed by atoms with E-state index in [0.29, 0.717) is 34.5 Å². The molecule has 158 valence electrons. The molecular weight excluding hydrogens is 397 g/mol. The van der Waals surface area contributed by atoms with Crippen molar-refractivity contribution in [2.45, 2.75) is 19.0 Å². The van der Waals surface area contributed by atoms with E-state index in [0.717, 1.165) is 38.5 Å². The van der Waals surface area contributed by atoms with Gasteiger partial charge in [0.15, 0.2) is 0 Å². The fourth-order valence-corrected chi connectivity index (χ4v) is 3.57. The predicted octanol–water partition coefficient (Wildman–Crippen LogP) is 3.78. The molecule has 3 aromatic rings. The van der Waals surface area contributed by atoms with Crippen molar-refractivity contribution in [1.82, 2.24) is 19.9 Å². The van der Waals surface area contributed by atoms with E-state index in [1.165, 1.54) is 18.3 Å². The third-order valence-corrected chi connectivity index (χ3v) is 5.19. The van der Waals surface area contributed by atoms with Crippen LogP contribution in [0.25, 0.3) is 10.9 Å². The Morgan fingerprint density at radius 3 is 2.57 bits per heavy atom. The molecule has 30 heavy (non-hydrogen) atoms. The number of nitrogens with zero attached hydrogens (tertiary/aromatic N) is 5. The number of halogens is 3. The number of methoxy groups -OCH3 is 1. The molecule has 1 fully saturated rings. The summed E-state index contributed by atoms with van der Waals surface area (Å²) in [4.78, 5) is 18.7. The summed E-state index contributed by atoms with van der Waals surface area (Å²) in [6.07, 6.45) is 0.529. The van der Waals surface area contributed by atoms with Crippen LogP contribution in [0.15, 0.2) is 36.7 Å². The number of anilines is 2. The Kier molecular flexibility index (Phi) is 5.56. The Labute approximate surface area is 171 Å². The summed E-state index contributed by atoms with van der Waals surface area (Å²) >= 11 is 0. The smallest absolute Gasteiger partial charge is 0.433 e. The maximum atomic E-state index is 12.9. The second-order valence-electron chi connectivity index (χ2n) is 7.13. The maximum Gasteiger partial charge on any atom is 0.433 e. The monoisotopic (exact) mass is 418 g/mol. The van der Waals surface area contributed by atoms with Crippen LogP contribution in [0.4, 0.5) is 24.9 Å². The van der Waals surface area contributed by atoms with E-state index >= 15 is 0 Å². The van der Waals surface area contributed by atoms with Gasteiger partial charge < -0.3 is 15.0 Å². The molecule has 1 N–H and O–H groups in total. The molecule has 0 aromatic carbocycles. The number of nitrogens with one attached hydrogen (secondary N) is 1. The third-order valence-electron chi connectivity index (χ3n) is 5.19. The van der Waals surface area contributed by atoms with Gasteiger partial charge in [0.2, 0.25) is 11.8 Å². The van der Waals surface area contributed by atoms with Gasteiger partial charge >= 0.3 is 6.18 Å². The highest BCUT2D eigenvalue weighted by atomic mass is 19.4. The average Bonchev–Trinajstić information content (AvgIpc) is 2.77. The van der Waals surface area contributed by atoms with E-state index in [9.17, 15) is 13.2 Å². The molecule has 1 aliphatic rings. The van der Waals surface area contributed by atoms with Crippen molar-refractivity contribution in [3.63, 3.8) is 0 Å². The first-order valence-electron chi connectivity index (χ1n) is 9.63. The predicted molar refractivity (Wildman–Crippen MR) is 107 cm³/mol. The summed E-state index contributed by atoms with van der Waals surface area (Å²) in [6, 6.07) is 5.67. The molecule has 0 spiro atoms. The van der Waals surface area contributed by atoms with Gasteiger partial charge in [-0.05, 0) is 37.0 Å². The molecule has 1 aliphatic heterocycles. The standard InChI is InChI=1S/C20H21F3N6O/c1-30-17-5-9-25-19(28-17)26-12-13-6-10-29(11-7-13)18-14-2-3-16(20(21,22)23)27-15(14)4-8-24-18/h2-5,8-9,13H,6-7,10-12H2,1H3,(H,25,26,28). The molecular formula is C20H21F3N6O. The molecule has 7 nitrogen and oxygen atoms in total. The van der Waals surface area contributed by atoms with Gasteiger partial charge in [-0.1, -0.05) is 0 Å². The van der Waals surface area contributed by atoms with E-state index in [-0.39, 0.29) is 0 Å². The number of piperidine rings is 1. The van der Waals surface area contributed by atoms with Gasteiger partial charge in [0.1, 0.15) is 11.5 Å². The molecule has 0 amide bonds. The number of fused-ring (bicyclic) bond motifs is 1. The lowest BCUT2D eigenvalue weighted by atomic mass is 9.96. The number of rotatable bonds is 5. The molecule has 4 rings (SSSR count). The highest BCUT2D eigenvalue weighted by Gasteiger charge is 2.32. The van der Waals surface area contributed by atoms with Crippen molar-refractivity contribution in [3.05, 3.63) is 42.4 Å². The number of aromatic nitrogens is 4. The van der Waals surface area contributed by atoms with Crippen molar-refractivity contribution < 1.29 is 17.9 Å². The Hall–Kier alpha value is -3.17. The third kappa shape index (κ3) is 4.37. The molecule has 1 saturated heterocycles. The van der Waals surface area contributed by atoms with Crippen LogP contribution >= 0.6 is 0 Å². The lowest BCUT2D eigenvalue weighted by Gasteiger charge is -2.33. The number of hydrogen-bond acceptors (Lipinski definition) is 7. The first-order valence-corrected chi connectivity index (χ1v) is 9.63. The SMILES string of the molecule is COc1ccnc(NCC2CCN(c3nccc4nc(C(F)(F)F)ccc34)CC2)n1. The molecule has 0 atom stereocenters. The molecule has 0 bridgehead atoms. The van der Waals surface area contributed by atoms with Gasteiger partial charge in [0.25, 0.3) is 0 Å². The second-order valence-corrected chi connectivity index (χ2v) is 7.13. The maximum absolute atomic E-state index is 12.9. The summed E-state index contributed by atoms with van der Waals surface area (Å²) in [5.41, 5.74) is -0.592. The summed E-state index contributed by atoms with van der Waals surface area (Å²) in [6.45, 7) is 2.26. The van der Waals surface area contributed by atoms with Gasteiger partial charge in [-0.15, -0.1) is 0 Å². The van der Waals surface area contributed by atoms with Crippen molar-refractivity contribution in [2.75, 3.05) is 37.0 Å². The van der Waals surface area contributed by atoms with Crippen LogP contribution in [0.1, 0.15) is 18.5 Å². The normalized spacial score (nSPS) is 15.4. The first kappa shape index (κ1) is 20.1. The zero-order chi connectivity index (χ0) is 21.1. The van der Waals surface area contributed by atoms with Crippen LogP contribution in [-0.4, -0.2) is 46.7 Å². The van der Waals surface area contributed by atoms with Gasteiger partial charge in [0.05, 0.1) is 12.6 Å². The van der Waals surface area contributed by atoms with E-state index in [2.05, 4.69) is 30.2 Å². The average molecular weight is 418 g/mol. The first-order chi connectivity index (χ1) is 14.4. The van der Waals surface area contributed by atoms with Gasteiger partial charge in [-0.3, -0.25) is 0 Å². The minimum Gasteiger partial charge on any atom is -0.481 e. The van der Waals surface area contributed by atoms with Gasteiger partial charge in [-0.2, -0.15) is 18.2 Å². The van der Waals surface area contributed by atoms with Crippen LogP contribution in [0, 0.1) is 5.92 Å². The molecule has 3 aromatic heterocycles. The van der Waals surface area contributed by atoms with E-state index in [1.807, 2.05) is 0 Å². The van der Waals surface area contributed by atoms with E-state index in [1.54, 1.807) is 19.4 Å². The molecule has 4 heterocycles. The summed E-state index contributed by atoms with van der Waals surface area (Å²) in [5.74, 6) is 2.14. The fourth-order valence-electron chi connectivity index (χ4n) is 3.57. The molecule has 0 aliphatic carbocycles. The highest BCUT2D eigenvalue weighted by molar-refractivity contribution is 5.89. The van der Waals surface area contributed by atoms with Gasteiger partial charge in [-0.25, -0.2) is 15.0 Å². The Morgan fingerprint density at radius 1 is 1.07 bits per heavy atom. The molecule has 0 radical (unpaired) electrons. The summed E-state index contributed by atoms with van der Waals surface area (Å²) in [5, 5.41) is 3.87. The number of ether oxygens (including phenoxy) is 1. The summed E-state index contributed by atoms with van der Waals surface area (Å²) in [7, 11) is 1.56. The number of hydrogen-bond donors (Lipinski definition) is 1. The zero-order valence-electron chi connectivity index (χ0n) is 16.4. The minimum atomic E-state index is -4.46. The van der Waals surface area contributed by atoms with Crippen LogP contribution < -0.4 is 15.0 Å². The zero-order valence-corrected chi connectivity index (χ0v) is 16.4. The lowest BCUT2D eigenvalue weighted by Crippen LogP contribution is -2.36. The topological polar surface area (TPSA) is 76.1 Å². The van der Waals surface area contributed by atoms with Gasteiger partial charge in [0, 0.05) is 43.5 Å². The lowest BCUT2D eigenvalue weighted by molar-refractivity contribution is -0.140. The Morgan fingerprint density at radius 2 is 1.83 bits per heavy atom. The number of alkyl halides is 3. The Bertz CT molecular complexity index is 1020. The van der Waals surface area contributed by atoms with Crippen molar-refractivity contribution in [2.24, 2.45) is 5.92 Å². The van der Waals surface area contributed by atoms with Crippen LogP contribution in [0.3, 0.4) is 0 Å². The largest absolute Gasteiger partial charge is 0.481 e. The molecule has 0 unspecified atom stereocenters. The summed E-state index contributed by atoms with van der Waals surface area (Å²) < 4.78 is 43.9. The van der Waals surface area contributed by atoms with Crippen molar-refractivity contribution in [3.8, 4) is 5.88 Å². The fraction of sp³-hybridized carbons (Fsp3) is 0.400. The molecule has 0 saturated carbocycles. The quantitative estimate of drug-likeness (QED) is 0.676. The van der Waals surface area contributed by atoms with Crippen molar-refractivity contribution >= 4 is 22.7 Å². The van der Waals surface area contributed by atoms with Crippen LogP contribution in [-0.2, 0) is 6.18 Å². The molecule has 10 heteroatoms. The Balaban J connectivity index is 1.40. The van der Waals surface area contributed by atoms with Crippen molar-refractivity contribution in [1.29, 1.82) is 0 Å². The van der Waals surface area contributed by atoms with E-state index in [4.69, 9.17) is 4.74 Å². The minimum absolute atomic E-state index is 0.300. The second kappa shape index (κ2) is 8.29. The number of pyridine rings is 2. The van der Waals surface area contributed by atoms with E-state index < -0.39 is 11.9 Å². The highest BCUT2D eigenvalue weighted by Crippen LogP contribution is 2.32. The van der Waals surface area contributed by atoms with Crippen LogP contribution in [0.2, 0.25) is 0 Å².